The van der Waals surface area contributed by atoms with Gasteiger partial charge in [-0.05, 0) is 7.05 Å². The summed E-state index contributed by atoms with van der Waals surface area (Å²) in [5.41, 5.74) is -0.366. The van der Waals surface area contributed by atoms with Crippen LogP contribution in [0.3, 0.4) is 0 Å². The van der Waals surface area contributed by atoms with Crippen molar-refractivity contribution in [2.75, 3.05) is 26.8 Å². The van der Waals surface area contributed by atoms with Crippen molar-refractivity contribution in [3.63, 3.8) is 0 Å². The summed E-state index contributed by atoms with van der Waals surface area (Å²) in [6.45, 7) is 2.50. The minimum atomic E-state index is -0.366. The molecule has 0 unspecified atom stereocenters. The minimum absolute atomic E-state index is 0.0182. The molecule has 0 radical (unpaired) electrons. The van der Waals surface area contributed by atoms with Crippen LogP contribution in [0.2, 0.25) is 0 Å². The van der Waals surface area contributed by atoms with Crippen LogP contribution in [0.4, 0.5) is 0 Å². The van der Waals surface area contributed by atoms with E-state index in [4.69, 9.17) is 10.2 Å². The molecule has 0 aromatic carbocycles. The Bertz CT molecular complexity index is 71.5. The van der Waals surface area contributed by atoms with E-state index in [9.17, 15) is 0 Å². The number of nitrogens with one attached hydrogen (secondary N) is 1. The fourth-order valence-electron chi connectivity index (χ4n) is 0.589. The largest absolute Gasteiger partial charge is 0.396 e. The van der Waals surface area contributed by atoms with Gasteiger partial charge in [-0.25, -0.2) is 0 Å². The molecule has 9 heavy (non-hydrogen) atoms. The van der Waals surface area contributed by atoms with Crippen molar-refractivity contribution in [1.82, 2.24) is 5.32 Å². The summed E-state index contributed by atoms with van der Waals surface area (Å²) in [6, 6.07) is 0. The summed E-state index contributed by atoms with van der Waals surface area (Å²) in [6.07, 6.45) is 0. The van der Waals surface area contributed by atoms with Gasteiger partial charge in [-0.2, -0.15) is 0 Å². The van der Waals surface area contributed by atoms with Gasteiger partial charge in [0.1, 0.15) is 0 Å². The molecule has 0 heterocycles. The van der Waals surface area contributed by atoms with Gasteiger partial charge in [0.15, 0.2) is 0 Å². The zero-order valence-corrected chi connectivity index (χ0v) is 6.02. The molecular formula is C6H15NO2. The number of aliphatic hydroxyl groups excluding tert-OH is 2. The maximum absolute atomic E-state index is 8.72. The van der Waals surface area contributed by atoms with Gasteiger partial charge in [0.25, 0.3) is 0 Å². The summed E-state index contributed by atoms with van der Waals surface area (Å²) in [7, 11) is 1.80. The average Bonchev–Trinajstić information content (AvgIpc) is 1.89. The third-order valence-corrected chi connectivity index (χ3v) is 1.37. The molecule has 0 aliphatic rings. The van der Waals surface area contributed by atoms with Crippen LogP contribution in [-0.2, 0) is 0 Å². The molecule has 0 amide bonds. The fraction of sp³-hybridized carbons (Fsp3) is 1.00. The third kappa shape index (κ3) is 2.79. The Morgan fingerprint density at radius 2 is 1.78 bits per heavy atom. The third-order valence-electron chi connectivity index (χ3n) is 1.37. The molecule has 0 aliphatic heterocycles. The van der Waals surface area contributed by atoms with Gasteiger partial charge in [0.2, 0.25) is 0 Å². The lowest BCUT2D eigenvalue weighted by atomic mass is 9.93. The second kappa shape index (κ2) is 3.82. The maximum atomic E-state index is 8.72. The van der Waals surface area contributed by atoms with E-state index in [0.717, 1.165) is 0 Å². The minimum Gasteiger partial charge on any atom is -0.396 e. The Balaban J connectivity index is 3.62. The van der Waals surface area contributed by atoms with Crippen molar-refractivity contribution in [2.24, 2.45) is 5.41 Å². The van der Waals surface area contributed by atoms with E-state index in [1.54, 1.807) is 7.05 Å². The zero-order valence-electron chi connectivity index (χ0n) is 6.02. The Morgan fingerprint density at radius 1 is 1.33 bits per heavy atom. The highest BCUT2D eigenvalue weighted by Gasteiger charge is 2.20. The number of rotatable bonds is 4. The molecule has 0 aromatic heterocycles. The molecule has 3 heteroatoms. The average molecular weight is 133 g/mol. The number of aliphatic hydroxyl groups is 2. The maximum Gasteiger partial charge on any atom is 0.0518 e. The van der Waals surface area contributed by atoms with Gasteiger partial charge in [-0.15, -0.1) is 0 Å². The Labute approximate surface area is 55.7 Å². The normalized spacial score (nSPS) is 12.0. The molecule has 3 N–H and O–H groups in total. The SMILES string of the molecule is CNCC(C)(CO)CO. The van der Waals surface area contributed by atoms with Gasteiger partial charge >= 0.3 is 0 Å². The first-order valence-electron chi connectivity index (χ1n) is 3.05. The van der Waals surface area contributed by atoms with Gasteiger partial charge in [-0.1, -0.05) is 6.92 Å². The summed E-state index contributed by atoms with van der Waals surface area (Å²) in [4.78, 5) is 0. The van der Waals surface area contributed by atoms with Crippen molar-refractivity contribution in [3.05, 3.63) is 0 Å². The fourth-order valence-corrected chi connectivity index (χ4v) is 0.589. The highest BCUT2D eigenvalue weighted by Crippen LogP contribution is 2.10. The van der Waals surface area contributed by atoms with Crippen LogP contribution in [0, 0.1) is 5.41 Å². The van der Waals surface area contributed by atoms with Crippen molar-refractivity contribution in [1.29, 1.82) is 0 Å². The second-order valence-electron chi connectivity index (χ2n) is 2.66. The smallest absolute Gasteiger partial charge is 0.0518 e. The number of hydrogen-bond acceptors (Lipinski definition) is 3. The van der Waals surface area contributed by atoms with Gasteiger partial charge in [0, 0.05) is 12.0 Å². The number of hydrogen-bond donors (Lipinski definition) is 3. The molecule has 0 aromatic rings. The van der Waals surface area contributed by atoms with Crippen LogP contribution in [0.5, 0.6) is 0 Å². The molecule has 0 saturated carbocycles. The van der Waals surface area contributed by atoms with Crippen LogP contribution < -0.4 is 5.32 Å². The first-order chi connectivity index (χ1) is 4.18. The predicted octanol–water partition coefficient (Wildman–Crippen LogP) is -0.803. The summed E-state index contributed by atoms with van der Waals surface area (Å²) < 4.78 is 0. The summed E-state index contributed by atoms with van der Waals surface area (Å²) in [5, 5.41) is 20.3. The molecular weight excluding hydrogens is 118 g/mol. The Morgan fingerprint density at radius 3 is 1.89 bits per heavy atom. The van der Waals surface area contributed by atoms with E-state index in [-0.39, 0.29) is 18.6 Å². The lowest BCUT2D eigenvalue weighted by Gasteiger charge is -2.23. The highest BCUT2D eigenvalue weighted by atomic mass is 16.3. The van der Waals surface area contributed by atoms with Crippen molar-refractivity contribution in [3.8, 4) is 0 Å². The molecule has 0 spiro atoms. The van der Waals surface area contributed by atoms with Crippen LogP contribution >= 0.6 is 0 Å². The van der Waals surface area contributed by atoms with Crippen molar-refractivity contribution < 1.29 is 10.2 Å². The van der Waals surface area contributed by atoms with E-state index < -0.39 is 0 Å². The van der Waals surface area contributed by atoms with Crippen molar-refractivity contribution >= 4 is 0 Å². The lowest BCUT2D eigenvalue weighted by molar-refractivity contribution is 0.0714. The van der Waals surface area contributed by atoms with Crippen LogP contribution in [-0.4, -0.2) is 37.0 Å². The molecule has 0 atom stereocenters. The molecule has 0 fully saturated rings. The predicted molar refractivity (Wildman–Crippen MR) is 36.2 cm³/mol. The molecule has 0 bridgehead atoms. The Hall–Kier alpha value is -0.120. The van der Waals surface area contributed by atoms with E-state index in [0.29, 0.717) is 6.54 Å². The Kier molecular flexibility index (Phi) is 3.77. The van der Waals surface area contributed by atoms with E-state index in [1.165, 1.54) is 0 Å². The van der Waals surface area contributed by atoms with E-state index >= 15 is 0 Å². The summed E-state index contributed by atoms with van der Waals surface area (Å²) >= 11 is 0. The standard InChI is InChI=1S/C6H15NO2/c1-6(4-8,5-9)3-7-2/h7-9H,3-5H2,1-2H3. The highest BCUT2D eigenvalue weighted by molar-refractivity contribution is 4.73. The van der Waals surface area contributed by atoms with Crippen molar-refractivity contribution in [2.45, 2.75) is 6.92 Å². The topological polar surface area (TPSA) is 52.5 Å². The summed E-state index contributed by atoms with van der Waals surface area (Å²) in [5.74, 6) is 0. The van der Waals surface area contributed by atoms with Gasteiger partial charge < -0.3 is 15.5 Å². The molecule has 0 aliphatic carbocycles. The van der Waals surface area contributed by atoms with Gasteiger partial charge in [-0.3, -0.25) is 0 Å². The lowest BCUT2D eigenvalue weighted by Crippen LogP contribution is -2.36. The van der Waals surface area contributed by atoms with E-state index in [2.05, 4.69) is 5.32 Å². The van der Waals surface area contributed by atoms with Crippen LogP contribution in [0.15, 0.2) is 0 Å². The van der Waals surface area contributed by atoms with E-state index in [1.807, 2.05) is 6.92 Å². The molecule has 0 saturated heterocycles. The zero-order chi connectivity index (χ0) is 7.33. The van der Waals surface area contributed by atoms with Gasteiger partial charge in [0.05, 0.1) is 13.2 Å². The van der Waals surface area contributed by atoms with Crippen LogP contribution in [0.1, 0.15) is 6.92 Å². The quantitative estimate of drug-likeness (QED) is 0.470. The molecule has 56 valence electrons. The molecule has 0 rings (SSSR count). The first kappa shape index (κ1) is 8.88. The first-order valence-corrected chi connectivity index (χ1v) is 3.05. The second-order valence-corrected chi connectivity index (χ2v) is 2.66. The van der Waals surface area contributed by atoms with Crippen LogP contribution in [0.25, 0.3) is 0 Å². The monoisotopic (exact) mass is 133 g/mol. The molecule has 3 nitrogen and oxygen atoms in total.